The van der Waals surface area contributed by atoms with E-state index in [1.165, 1.54) is 6.42 Å². The first-order valence-electron chi connectivity index (χ1n) is 4.86. The van der Waals surface area contributed by atoms with Crippen molar-refractivity contribution in [3.63, 3.8) is 0 Å². The highest BCUT2D eigenvalue weighted by atomic mass is 16.5. The van der Waals surface area contributed by atoms with E-state index in [0.717, 1.165) is 32.6 Å². The highest BCUT2D eigenvalue weighted by Gasteiger charge is 2.31. The zero-order chi connectivity index (χ0) is 8.39. The third kappa shape index (κ3) is 1.49. The normalized spacial score (nSPS) is 37.8. The molecule has 2 fully saturated rings. The highest BCUT2D eigenvalue weighted by molar-refractivity contribution is 4.86. The van der Waals surface area contributed by atoms with Gasteiger partial charge in [0.2, 0.25) is 0 Å². The van der Waals surface area contributed by atoms with E-state index in [4.69, 9.17) is 9.84 Å². The standard InChI is InChI=1S/C9H17NO2/c11-6-8-2-1-4-10(8)9-3-5-12-7-9/h8-9,11H,1-7H2/t8-,9?/m0/s1. The first-order valence-corrected chi connectivity index (χ1v) is 4.86. The van der Waals surface area contributed by atoms with Crippen molar-refractivity contribution >= 4 is 0 Å². The van der Waals surface area contributed by atoms with Crippen molar-refractivity contribution in [2.24, 2.45) is 0 Å². The molecule has 70 valence electrons. The van der Waals surface area contributed by atoms with Crippen LogP contribution in [-0.4, -0.2) is 48.5 Å². The molecular weight excluding hydrogens is 154 g/mol. The Bertz CT molecular complexity index is 145. The lowest BCUT2D eigenvalue weighted by molar-refractivity contribution is 0.102. The van der Waals surface area contributed by atoms with Crippen molar-refractivity contribution in [1.82, 2.24) is 4.90 Å². The van der Waals surface area contributed by atoms with Gasteiger partial charge in [-0.3, -0.25) is 4.90 Å². The monoisotopic (exact) mass is 171 g/mol. The Morgan fingerprint density at radius 1 is 1.42 bits per heavy atom. The summed E-state index contributed by atoms with van der Waals surface area (Å²) >= 11 is 0. The first kappa shape index (κ1) is 8.48. The molecule has 0 aromatic heterocycles. The molecule has 2 saturated heterocycles. The Hall–Kier alpha value is -0.120. The lowest BCUT2D eigenvalue weighted by Gasteiger charge is -2.27. The molecule has 3 nitrogen and oxygen atoms in total. The topological polar surface area (TPSA) is 32.7 Å². The second kappa shape index (κ2) is 3.73. The molecule has 2 rings (SSSR count). The van der Waals surface area contributed by atoms with Gasteiger partial charge in [0.05, 0.1) is 13.2 Å². The number of aliphatic hydroxyl groups excluding tert-OH is 1. The van der Waals surface area contributed by atoms with Gasteiger partial charge in [-0.1, -0.05) is 0 Å². The molecule has 0 aromatic carbocycles. The van der Waals surface area contributed by atoms with E-state index in [0.29, 0.717) is 18.7 Å². The number of aliphatic hydroxyl groups is 1. The molecule has 2 aliphatic heterocycles. The van der Waals surface area contributed by atoms with Gasteiger partial charge < -0.3 is 9.84 Å². The van der Waals surface area contributed by atoms with Crippen LogP contribution in [0, 0.1) is 0 Å². The Kier molecular flexibility index (Phi) is 2.63. The third-order valence-electron chi connectivity index (χ3n) is 3.01. The van der Waals surface area contributed by atoms with Crippen LogP contribution in [0.5, 0.6) is 0 Å². The molecule has 2 atom stereocenters. The maximum atomic E-state index is 9.11. The second-order valence-electron chi connectivity index (χ2n) is 3.73. The molecule has 0 saturated carbocycles. The van der Waals surface area contributed by atoms with E-state index in [-0.39, 0.29) is 0 Å². The van der Waals surface area contributed by atoms with Gasteiger partial charge in [-0.05, 0) is 25.8 Å². The number of rotatable bonds is 2. The van der Waals surface area contributed by atoms with Crippen LogP contribution in [0.25, 0.3) is 0 Å². The molecule has 0 radical (unpaired) electrons. The third-order valence-corrected chi connectivity index (χ3v) is 3.01. The summed E-state index contributed by atoms with van der Waals surface area (Å²) in [6, 6.07) is 1.00. The quantitative estimate of drug-likeness (QED) is 0.645. The summed E-state index contributed by atoms with van der Waals surface area (Å²) in [6.45, 7) is 3.24. The SMILES string of the molecule is OC[C@@H]1CCCN1C1CCOC1. The highest BCUT2D eigenvalue weighted by Crippen LogP contribution is 2.23. The van der Waals surface area contributed by atoms with Crippen molar-refractivity contribution in [3.8, 4) is 0 Å². The molecule has 0 spiro atoms. The Morgan fingerprint density at radius 3 is 3.00 bits per heavy atom. The van der Waals surface area contributed by atoms with Crippen molar-refractivity contribution in [1.29, 1.82) is 0 Å². The second-order valence-corrected chi connectivity index (χ2v) is 3.73. The minimum Gasteiger partial charge on any atom is -0.395 e. The lowest BCUT2D eigenvalue weighted by atomic mass is 10.2. The summed E-state index contributed by atoms with van der Waals surface area (Å²) in [5.41, 5.74) is 0. The van der Waals surface area contributed by atoms with Crippen molar-refractivity contribution in [2.75, 3.05) is 26.4 Å². The van der Waals surface area contributed by atoms with Gasteiger partial charge in [0.25, 0.3) is 0 Å². The van der Waals surface area contributed by atoms with Gasteiger partial charge in [-0.2, -0.15) is 0 Å². The van der Waals surface area contributed by atoms with Crippen LogP contribution in [-0.2, 0) is 4.74 Å². The van der Waals surface area contributed by atoms with Crippen LogP contribution in [0.1, 0.15) is 19.3 Å². The molecule has 2 aliphatic rings. The van der Waals surface area contributed by atoms with Crippen molar-refractivity contribution in [2.45, 2.75) is 31.3 Å². The summed E-state index contributed by atoms with van der Waals surface area (Å²) in [5, 5.41) is 9.11. The molecule has 12 heavy (non-hydrogen) atoms. The minimum absolute atomic E-state index is 0.316. The number of hydrogen-bond donors (Lipinski definition) is 1. The lowest BCUT2D eigenvalue weighted by Crippen LogP contribution is -2.41. The maximum absolute atomic E-state index is 9.11. The van der Waals surface area contributed by atoms with Crippen LogP contribution in [0.3, 0.4) is 0 Å². The van der Waals surface area contributed by atoms with Crippen molar-refractivity contribution in [3.05, 3.63) is 0 Å². The molecule has 3 heteroatoms. The average molecular weight is 171 g/mol. The van der Waals surface area contributed by atoms with Gasteiger partial charge in [0, 0.05) is 18.7 Å². The van der Waals surface area contributed by atoms with Crippen molar-refractivity contribution < 1.29 is 9.84 Å². The molecule has 0 bridgehead atoms. The number of ether oxygens (including phenoxy) is 1. The summed E-state index contributed by atoms with van der Waals surface area (Å²) in [7, 11) is 0. The first-order chi connectivity index (χ1) is 5.92. The molecule has 0 aromatic rings. The summed E-state index contributed by atoms with van der Waals surface area (Å²) in [6.07, 6.45) is 3.55. The fraction of sp³-hybridized carbons (Fsp3) is 1.00. The van der Waals surface area contributed by atoms with E-state index in [1.54, 1.807) is 0 Å². The fourth-order valence-corrected chi connectivity index (χ4v) is 2.32. The van der Waals surface area contributed by atoms with Gasteiger partial charge in [-0.15, -0.1) is 0 Å². The fourth-order valence-electron chi connectivity index (χ4n) is 2.32. The van der Waals surface area contributed by atoms with Gasteiger partial charge in [-0.25, -0.2) is 0 Å². The molecule has 1 N–H and O–H groups in total. The van der Waals surface area contributed by atoms with Crippen LogP contribution < -0.4 is 0 Å². The molecule has 0 aliphatic carbocycles. The van der Waals surface area contributed by atoms with E-state index in [9.17, 15) is 0 Å². The summed E-state index contributed by atoms with van der Waals surface area (Å²) < 4.78 is 5.34. The zero-order valence-electron chi connectivity index (χ0n) is 7.41. The Morgan fingerprint density at radius 2 is 2.33 bits per heavy atom. The van der Waals surface area contributed by atoms with Crippen LogP contribution >= 0.6 is 0 Å². The van der Waals surface area contributed by atoms with Gasteiger partial charge in [0.15, 0.2) is 0 Å². The summed E-state index contributed by atoms with van der Waals surface area (Å²) in [4.78, 5) is 2.42. The van der Waals surface area contributed by atoms with E-state index in [2.05, 4.69) is 4.90 Å². The Balaban J connectivity index is 1.92. The molecule has 0 amide bonds. The summed E-state index contributed by atoms with van der Waals surface area (Å²) in [5.74, 6) is 0. The van der Waals surface area contributed by atoms with E-state index in [1.807, 2.05) is 0 Å². The minimum atomic E-state index is 0.316. The predicted octanol–water partition coefficient (Wildman–Crippen LogP) is 0.232. The molecule has 1 unspecified atom stereocenters. The average Bonchev–Trinajstić information content (AvgIpc) is 2.74. The van der Waals surface area contributed by atoms with E-state index < -0.39 is 0 Å². The Labute approximate surface area is 73.3 Å². The predicted molar refractivity (Wildman–Crippen MR) is 46.0 cm³/mol. The molecule has 2 heterocycles. The van der Waals surface area contributed by atoms with Crippen LogP contribution in [0.4, 0.5) is 0 Å². The number of likely N-dealkylation sites (tertiary alicyclic amines) is 1. The van der Waals surface area contributed by atoms with Gasteiger partial charge >= 0.3 is 0 Å². The van der Waals surface area contributed by atoms with E-state index >= 15 is 0 Å². The van der Waals surface area contributed by atoms with Crippen LogP contribution in [0.2, 0.25) is 0 Å². The zero-order valence-corrected chi connectivity index (χ0v) is 7.41. The van der Waals surface area contributed by atoms with Crippen LogP contribution in [0.15, 0.2) is 0 Å². The maximum Gasteiger partial charge on any atom is 0.0622 e. The molecular formula is C9H17NO2. The largest absolute Gasteiger partial charge is 0.395 e. The number of nitrogens with zero attached hydrogens (tertiary/aromatic N) is 1. The smallest absolute Gasteiger partial charge is 0.0622 e. The number of hydrogen-bond acceptors (Lipinski definition) is 3. The van der Waals surface area contributed by atoms with Gasteiger partial charge in [0.1, 0.15) is 0 Å².